The van der Waals surface area contributed by atoms with Gasteiger partial charge >= 0.3 is 92.4 Å². The molecule has 0 heterocycles. The van der Waals surface area contributed by atoms with Crippen molar-refractivity contribution in [3.63, 3.8) is 0 Å². The first-order valence-corrected chi connectivity index (χ1v) is 1.95. The van der Waals surface area contributed by atoms with Gasteiger partial charge in [-0.1, -0.05) is 0 Å². The molecule has 0 bridgehead atoms. The monoisotopic (exact) mass is 210 g/mol. The molecule has 6 heteroatoms. The van der Waals surface area contributed by atoms with Crippen LogP contribution in [0.3, 0.4) is 0 Å². The molecule has 6 heavy (non-hydrogen) atoms. The van der Waals surface area contributed by atoms with Gasteiger partial charge in [0.25, 0.3) is 0 Å². The Bertz CT molecular complexity index is 43.5. The minimum Gasteiger partial charge on any atom is -1.00 e. The predicted octanol–water partition coefficient (Wildman–Crippen LogP) is -1.93. The van der Waals surface area contributed by atoms with Crippen LogP contribution in [0.2, 0.25) is 0 Å². The van der Waals surface area contributed by atoms with Crippen LogP contribution in [0, 0.1) is 0 Å². The summed E-state index contributed by atoms with van der Waals surface area (Å²) < 4.78 is 8.74. The third kappa shape index (κ3) is 32.8. The van der Waals surface area contributed by atoms with E-state index in [-0.39, 0.29) is 88.9 Å². The second-order valence-corrected chi connectivity index (χ2v) is 0.848. The second kappa shape index (κ2) is 10.4. The van der Waals surface area contributed by atoms with Crippen molar-refractivity contribution in [1.82, 2.24) is 0 Å². The van der Waals surface area contributed by atoms with E-state index in [9.17, 15) is 0 Å². The van der Waals surface area contributed by atoms with Crippen LogP contribution < -0.4 is 0 Å². The fourth-order valence-electron chi connectivity index (χ4n) is 0. The van der Waals surface area contributed by atoms with Gasteiger partial charge in [0, 0.05) is 0 Å². The molecule has 0 aromatic rings. The third-order valence-corrected chi connectivity index (χ3v) is 0. The van der Waals surface area contributed by atoms with Gasteiger partial charge in [-0.05, 0) is 0 Å². The van der Waals surface area contributed by atoms with Crippen molar-refractivity contribution >= 4 is 92.4 Å². The maximum absolute atomic E-state index is 8.74. The molecule has 0 spiro atoms. The molecule has 0 saturated carbocycles. The number of hydrogen-bond donors (Lipinski definition) is 2. The summed E-state index contributed by atoms with van der Waals surface area (Å²) >= 11 is 0. The van der Waals surface area contributed by atoms with Crippen molar-refractivity contribution in [3.8, 4) is 0 Å². The fraction of sp³-hybridized carbons (Fsp3) is 0. The predicted molar refractivity (Wildman–Crippen MR) is 26.8 cm³/mol. The normalized spacial score (nSPS) is 4.00. The molecule has 0 rings (SSSR count). The summed E-state index contributed by atoms with van der Waals surface area (Å²) in [6, 6.07) is 0. The molecule has 0 aliphatic rings. The molecule has 0 aromatic heterocycles. The first-order chi connectivity index (χ1) is 1.73. The van der Waals surface area contributed by atoms with Gasteiger partial charge in [-0.2, -0.15) is 0 Å². The molecule has 0 aromatic carbocycles. The second-order valence-electron chi connectivity index (χ2n) is 0.283. The smallest absolute Gasteiger partial charge is 1.00 e. The van der Waals surface area contributed by atoms with Gasteiger partial charge < -0.3 is 15.3 Å². The summed E-state index contributed by atoms with van der Waals surface area (Å²) in [5, 5.41) is 0. The van der Waals surface area contributed by atoms with Gasteiger partial charge in [0.2, 0.25) is 0 Å². The van der Waals surface area contributed by atoms with Crippen molar-refractivity contribution in [2.75, 3.05) is 0 Å². The van der Waals surface area contributed by atoms with E-state index in [4.69, 9.17) is 14.1 Å². The Morgan fingerprint density at radius 1 is 1.50 bits per heavy atom. The van der Waals surface area contributed by atoms with Crippen LogP contribution in [0.5, 0.6) is 0 Å². The molecule has 0 amide bonds. The van der Waals surface area contributed by atoms with Gasteiger partial charge in [0.1, 0.15) is 0 Å². The van der Waals surface area contributed by atoms with E-state index in [1.165, 1.54) is 0 Å². The third-order valence-electron chi connectivity index (χ3n) is 0. The standard InChI is InChI=1S/Ca.H2O3Si.Sr.4H/c;1-4(2)3;;;;;/h;1-2H;;;;;/q+2;;+2;4*-1. The Balaban J connectivity index is -0.00000000300. The van der Waals surface area contributed by atoms with Crippen molar-refractivity contribution in [2.24, 2.45) is 0 Å². The molecule has 2 N–H and O–H groups in total. The zero-order chi connectivity index (χ0) is 3.58. The van der Waals surface area contributed by atoms with Crippen LogP contribution in [0.4, 0.5) is 0 Å². The summed E-state index contributed by atoms with van der Waals surface area (Å²) in [6.45, 7) is 0. The Kier molecular flexibility index (Phi) is 27.2. The first-order valence-electron chi connectivity index (χ1n) is 0.651. The minimum absolute atomic E-state index is 0. The Morgan fingerprint density at radius 2 is 1.50 bits per heavy atom. The molecule has 32 valence electrons. The molecule has 0 saturated heterocycles. The number of hydrogen-bond acceptors (Lipinski definition) is 1. The van der Waals surface area contributed by atoms with E-state index in [0.29, 0.717) is 0 Å². The maximum Gasteiger partial charge on any atom is 2.00 e. The van der Waals surface area contributed by atoms with Crippen LogP contribution in [-0.4, -0.2) is 102 Å². The Labute approximate surface area is 110 Å². The number of rotatable bonds is 0. The fourth-order valence-corrected chi connectivity index (χ4v) is 0. The van der Waals surface area contributed by atoms with Gasteiger partial charge in [-0.15, -0.1) is 0 Å². The quantitative estimate of drug-likeness (QED) is 0.458. The summed E-state index contributed by atoms with van der Waals surface area (Å²) in [5.41, 5.74) is 0. The zero-order valence-corrected chi connectivity index (χ0v) is 9.90. The summed E-state index contributed by atoms with van der Waals surface area (Å²) in [6.07, 6.45) is 0. The average Bonchev–Trinajstić information content (AvgIpc) is 0.811. The molecule has 0 radical (unpaired) electrons. The van der Waals surface area contributed by atoms with E-state index in [2.05, 4.69) is 0 Å². The maximum atomic E-state index is 8.74. The summed E-state index contributed by atoms with van der Waals surface area (Å²) in [5.74, 6) is 0. The van der Waals surface area contributed by atoms with E-state index < -0.39 is 9.17 Å². The molecular weight excluding hydrogens is 204 g/mol. The minimum atomic E-state index is -3.13. The summed E-state index contributed by atoms with van der Waals surface area (Å²) in [4.78, 5) is 14.3. The molecule has 3 nitrogen and oxygen atoms in total. The molecular formula is H6CaO3SiSr. The van der Waals surface area contributed by atoms with Gasteiger partial charge in [-0.25, -0.2) is 0 Å². The van der Waals surface area contributed by atoms with Crippen molar-refractivity contribution in [3.05, 3.63) is 0 Å². The SMILES string of the molecule is O=[Si](O)O.[Ca+2].[H-].[H-].[H-].[H-].[Sr+2]. The topological polar surface area (TPSA) is 57.5 Å². The summed E-state index contributed by atoms with van der Waals surface area (Å²) in [7, 11) is -3.13. The van der Waals surface area contributed by atoms with E-state index in [0.717, 1.165) is 0 Å². The van der Waals surface area contributed by atoms with E-state index >= 15 is 0 Å². The first kappa shape index (κ1) is 15.8. The molecule has 0 fully saturated rings. The van der Waals surface area contributed by atoms with Crippen molar-refractivity contribution in [1.29, 1.82) is 0 Å². The van der Waals surface area contributed by atoms with Gasteiger partial charge in [0.15, 0.2) is 0 Å². The van der Waals surface area contributed by atoms with Crippen molar-refractivity contribution < 1.29 is 19.8 Å². The zero-order valence-electron chi connectivity index (χ0n) is 7.22. The van der Waals surface area contributed by atoms with Crippen LogP contribution in [-0.2, 0) is 4.46 Å². The molecule has 0 atom stereocenters. The largest absolute Gasteiger partial charge is 2.00 e. The average molecular weight is 210 g/mol. The van der Waals surface area contributed by atoms with Crippen LogP contribution >= 0.6 is 0 Å². The van der Waals surface area contributed by atoms with Gasteiger partial charge in [-0.3, -0.25) is 4.46 Å². The van der Waals surface area contributed by atoms with Crippen LogP contribution in [0.1, 0.15) is 5.71 Å². The Hall–Kier alpha value is 2.36. The van der Waals surface area contributed by atoms with Gasteiger partial charge in [0.05, 0.1) is 0 Å². The molecule has 0 aliphatic heterocycles. The Morgan fingerprint density at radius 3 is 1.50 bits per heavy atom. The van der Waals surface area contributed by atoms with Crippen molar-refractivity contribution in [2.45, 2.75) is 0 Å². The molecule has 0 unspecified atom stereocenters. The van der Waals surface area contributed by atoms with Crippen LogP contribution in [0.15, 0.2) is 0 Å². The van der Waals surface area contributed by atoms with Crippen LogP contribution in [0.25, 0.3) is 0 Å². The van der Waals surface area contributed by atoms with E-state index in [1.54, 1.807) is 0 Å². The van der Waals surface area contributed by atoms with E-state index in [1.807, 2.05) is 0 Å². The molecule has 0 aliphatic carbocycles.